The minimum absolute atomic E-state index is 0.184. The summed E-state index contributed by atoms with van der Waals surface area (Å²) in [5.41, 5.74) is -0.201. The number of alkyl carbamates (subject to hydrolysis) is 1. The highest BCUT2D eigenvalue weighted by Gasteiger charge is 2.23. The first kappa shape index (κ1) is 22.8. The summed E-state index contributed by atoms with van der Waals surface area (Å²) in [5.74, 6) is 0.189. The summed E-state index contributed by atoms with van der Waals surface area (Å²) in [4.78, 5) is 30.4. The van der Waals surface area contributed by atoms with Gasteiger partial charge in [-0.2, -0.15) is 10.5 Å². The second-order valence-electron chi connectivity index (χ2n) is 8.10. The Morgan fingerprint density at radius 2 is 1.81 bits per heavy atom. The average molecular weight is 450 g/mol. The number of hydrogen-bond acceptors (Lipinski definition) is 6. The van der Waals surface area contributed by atoms with Crippen LogP contribution in [0.15, 0.2) is 41.2 Å². The molecule has 0 aliphatic carbocycles. The van der Waals surface area contributed by atoms with Crippen LogP contribution in [0.2, 0.25) is 5.02 Å². The predicted molar refractivity (Wildman–Crippen MR) is 120 cm³/mol. The zero-order chi connectivity index (χ0) is 23.6. The predicted octanol–water partition coefficient (Wildman–Crippen LogP) is 4.37. The fraction of sp³-hybridized carbons (Fsp3) is 0.261. The van der Waals surface area contributed by atoms with Gasteiger partial charge in [0.1, 0.15) is 11.4 Å². The molecule has 1 atom stereocenters. The van der Waals surface area contributed by atoms with Crippen molar-refractivity contribution < 1.29 is 9.53 Å². The maximum absolute atomic E-state index is 13.5. The Hall–Kier alpha value is -3.88. The molecule has 0 fully saturated rings. The molecule has 0 saturated heterocycles. The number of aromatic nitrogens is 2. The van der Waals surface area contributed by atoms with Crippen LogP contribution in [0, 0.1) is 22.7 Å². The number of rotatable bonds is 3. The molecule has 9 heteroatoms. The number of hydrogen-bond donors (Lipinski definition) is 1. The maximum Gasteiger partial charge on any atom is 0.408 e. The number of nitrogens with zero attached hydrogens (tertiary/aromatic N) is 4. The lowest BCUT2D eigenvalue weighted by Crippen LogP contribution is -2.37. The molecule has 3 rings (SSSR count). The number of nitrogens with one attached hydrogen (secondary N) is 1. The van der Waals surface area contributed by atoms with Gasteiger partial charge in [-0.3, -0.25) is 9.36 Å². The minimum Gasteiger partial charge on any atom is -0.444 e. The van der Waals surface area contributed by atoms with Crippen molar-refractivity contribution in [1.82, 2.24) is 14.9 Å². The molecule has 1 heterocycles. The third-order valence-electron chi connectivity index (χ3n) is 4.43. The van der Waals surface area contributed by atoms with Crippen molar-refractivity contribution in [2.75, 3.05) is 0 Å². The van der Waals surface area contributed by atoms with E-state index in [0.717, 1.165) is 0 Å². The van der Waals surface area contributed by atoms with Gasteiger partial charge in [-0.1, -0.05) is 17.7 Å². The van der Waals surface area contributed by atoms with E-state index >= 15 is 0 Å². The van der Waals surface area contributed by atoms with Crippen molar-refractivity contribution in [3.8, 4) is 17.8 Å². The van der Waals surface area contributed by atoms with Crippen molar-refractivity contribution in [1.29, 1.82) is 10.5 Å². The van der Waals surface area contributed by atoms with Crippen LogP contribution in [0.3, 0.4) is 0 Å². The zero-order valence-corrected chi connectivity index (χ0v) is 18.7. The largest absolute Gasteiger partial charge is 0.444 e. The fourth-order valence-electron chi connectivity index (χ4n) is 3.17. The van der Waals surface area contributed by atoms with Crippen LogP contribution in [-0.4, -0.2) is 21.2 Å². The third-order valence-corrected chi connectivity index (χ3v) is 4.74. The molecule has 0 saturated carbocycles. The Bertz CT molecular complexity index is 1330. The Morgan fingerprint density at radius 1 is 1.19 bits per heavy atom. The summed E-state index contributed by atoms with van der Waals surface area (Å²) in [6.07, 6.45) is -0.680. The second kappa shape index (κ2) is 8.70. The number of carbonyl (C=O) groups excluding carboxylic acids is 1. The summed E-state index contributed by atoms with van der Waals surface area (Å²) in [6, 6.07) is 12.5. The van der Waals surface area contributed by atoms with Crippen LogP contribution in [0.25, 0.3) is 16.6 Å². The third kappa shape index (κ3) is 4.72. The Balaban J connectivity index is 2.27. The van der Waals surface area contributed by atoms with E-state index in [1.165, 1.54) is 22.8 Å². The van der Waals surface area contributed by atoms with Crippen molar-refractivity contribution >= 4 is 28.6 Å². The second-order valence-corrected chi connectivity index (χ2v) is 8.51. The molecule has 3 aromatic rings. The summed E-state index contributed by atoms with van der Waals surface area (Å²) < 4.78 is 6.56. The first-order valence-electron chi connectivity index (χ1n) is 9.70. The molecule has 0 spiro atoms. The van der Waals surface area contributed by atoms with E-state index in [2.05, 4.69) is 10.3 Å². The molecule has 32 heavy (non-hydrogen) atoms. The first-order valence-corrected chi connectivity index (χ1v) is 10.1. The Labute approximate surface area is 189 Å². The molecule has 0 radical (unpaired) electrons. The highest BCUT2D eigenvalue weighted by molar-refractivity contribution is 6.35. The normalized spacial score (nSPS) is 12.0. The zero-order valence-electron chi connectivity index (χ0n) is 17.9. The van der Waals surface area contributed by atoms with Gasteiger partial charge in [0.2, 0.25) is 0 Å². The van der Waals surface area contributed by atoms with Crippen LogP contribution in [0.4, 0.5) is 4.79 Å². The number of nitriles is 2. The van der Waals surface area contributed by atoms with Gasteiger partial charge in [0.25, 0.3) is 5.56 Å². The maximum atomic E-state index is 13.5. The van der Waals surface area contributed by atoms with E-state index in [1.54, 1.807) is 45.9 Å². The highest BCUT2D eigenvalue weighted by atomic mass is 35.5. The number of ether oxygens (including phenoxy) is 1. The van der Waals surface area contributed by atoms with Crippen molar-refractivity contribution in [3.63, 3.8) is 0 Å². The van der Waals surface area contributed by atoms with Crippen LogP contribution in [0.5, 0.6) is 0 Å². The van der Waals surface area contributed by atoms with E-state index < -0.39 is 23.3 Å². The standard InChI is InChI=1S/C23H20ClN5O3/c1-13(27-22(31)32-23(2,3)4)20-28-18-7-5-6-17(24)19(18)21(30)29(20)16-9-14(11-25)8-15(10-16)12-26/h5-10,13H,1-4H3,(H,27,31)/t13-/m0/s1. The number of amides is 1. The molecule has 1 N–H and O–H groups in total. The molecule has 162 valence electrons. The van der Waals surface area contributed by atoms with Gasteiger partial charge in [0.15, 0.2) is 0 Å². The van der Waals surface area contributed by atoms with Crippen LogP contribution >= 0.6 is 11.6 Å². The van der Waals surface area contributed by atoms with Crippen molar-refractivity contribution in [2.24, 2.45) is 0 Å². The van der Waals surface area contributed by atoms with Crippen molar-refractivity contribution in [2.45, 2.75) is 39.3 Å². The lowest BCUT2D eigenvalue weighted by Gasteiger charge is -2.23. The van der Waals surface area contributed by atoms with Gasteiger partial charge in [-0.15, -0.1) is 0 Å². The summed E-state index contributed by atoms with van der Waals surface area (Å²) >= 11 is 6.28. The van der Waals surface area contributed by atoms with Gasteiger partial charge in [-0.05, 0) is 58.0 Å². The molecule has 0 unspecified atom stereocenters. The van der Waals surface area contributed by atoms with Crippen LogP contribution in [-0.2, 0) is 4.74 Å². The molecule has 2 aromatic carbocycles. The van der Waals surface area contributed by atoms with Crippen molar-refractivity contribution in [3.05, 3.63) is 68.7 Å². The fourth-order valence-corrected chi connectivity index (χ4v) is 3.42. The van der Waals surface area contributed by atoms with E-state index in [-0.39, 0.29) is 33.0 Å². The topological polar surface area (TPSA) is 121 Å². The van der Waals surface area contributed by atoms with E-state index in [1.807, 2.05) is 12.1 Å². The molecular formula is C23H20ClN5O3. The lowest BCUT2D eigenvalue weighted by atomic mass is 10.1. The summed E-state index contributed by atoms with van der Waals surface area (Å²) in [5, 5.41) is 21.8. The smallest absolute Gasteiger partial charge is 0.408 e. The van der Waals surface area contributed by atoms with E-state index in [4.69, 9.17) is 16.3 Å². The Morgan fingerprint density at radius 3 is 2.38 bits per heavy atom. The molecule has 0 bridgehead atoms. The molecule has 1 aromatic heterocycles. The van der Waals surface area contributed by atoms with E-state index in [9.17, 15) is 20.1 Å². The van der Waals surface area contributed by atoms with E-state index in [0.29, 0.717) is 5.52 Å². The van der Waals surface area contributed by atoms with Gasteiger partial charge >= 0.3 is 6.09 Å². The van der Waals surface area contributed by atoms with Crippen LogP contribution < -0.4 is 10.9 Å². The molecule has 1 amide bonds. The van der Waals surface area contributed by atoms with Gasteiger partial charge < -0.3 is 10.1 Å². The molecule has 0 aliphatic rings. The minimum atomic E-state index is -0.753. The molecule has 8 nitrogen and oxygen atoms in total. The van der Waals surface area contributed by atoms with Gasteiger partial charge in [-0.25, -0.2) is 9.78 Å². The van der Waals surface area contributed by atoms with Crippen LogP contribution in [0.1, 0.15) is 50.7 Å². The van der Waals surface area contributed by atoms with Gasteiger partial charge in [0, 0.05) is 0 Å². The lowest BCUT2D eigenvalue weighted by molar-refractivity contribution is 0.0505. The first-order chi connectivity index (χ1) is 15.0. The SMILES string of the molecule is C[C@H](NC(=O)OC(C)(C)C)c1nc2cccc(Cl)c2c(=O)n1-c1cc(C#N)cc(C#N)c1. The molecule has 0 aliphatic heterocycles. The number of halogens is 1. The summed E-state index contributed by atoms with van der Waals surface area (Å²) in [6.45, 7) is 6.86. The Kier molecular flexibility index (Phi) is 6.20. The number of benzene rings is 2. The van der Waals surface area contributed by atoms with Gasteiger partial charge in [0.05, 0.1) is 50.9 Å². The average Bonchev–Trinajstić information content (AvgIpc) is 2.71. The number of fused-ring (bicyclic) bond motifs is 1. The highest BCUT2D eigenvalue weighted by Crippen LogP contribution is 2.24. The summed E-state index contributed by atoms with van der Waals surface area (Å²) in [7, 11) is 0. The monoisotopic (exact) mass is 449 g/mol. The number of carbonyl (C=O) groups is 1. The molecular weight excluding hydrogens is 430 g/mol. The quantitative estimate of drug-likeness (QED) is 0.633.